The molecule has 0 unspecified atom stereocenters. The number of hydrogen-bond acceptors (Lipinski definition) is 4. The number of benzene rings is 2. The summed E-state index contributed by atoms with van der Waals surface area (Å²) in [4.78, 5) is -0.131. The predicted molar refractivity (Wildman–Crippen MR) is 90.0 cm³/mol. The topological polar surface area (TPSA) is 92.3 Å². The van der Waals surface area contributed by atoms with Crippen LogP contribution in [0.4, 0.5) is 5.69 Å². The summed E-state index contributed by atoms with van der Waals surface area (Å²) in [5.41, 5.74) is 0.203. The molecule has 2 aromatic carbocycles. The van der Waals surface area contributed by atoms with E-state index >= 15 is 0 Å². The molecule has 0 aromatic heterocycles. The third kappa shape index (κ3) is 4.36. The van der Waals surface area contributed by atoms with E-state index in [1.165, 1.54) is 49.5 Å². The molecule has 0 spiro atoms. The van der Waals surface area contributed by atoms with Crippen molar-refractivity contribution >= 4 is 48.9 Å². The Balaban J connectivity index is 2.33. The molecule has 0 saturated carbocycles. The van der Waals surface area contributed by atoms with Gasteiger partial charge in [0.2, 0.25) is 10.0 Å². The van der Waals surface area contributed by atoms with E-state index in [1.54, 1.807) is 0 Å². The van der Waals surface area contributed by atoms with Gasteiger partial charge in [-0.1, -0.05) is 23.2 Å². The van der Waals surface area contributed by atoms with Gasteiger partial charge in [-0.3, -0.25) is 4.72 Å². The summed E-state index contributed by atoms with van der Waals surface area (Å²) in [6.45, 7) is 0. The molecular formula is C13H12Cl2N2O4S2. The molecule has 2 rings (SSSR count). The molecule has 0 aliphatic carbocycles. The molecule has 0 saturated heterocycles. The molecule has 0 bridgehead atoms. The molecule has 0 aliphatic rings. The highest BCUT2D eigenvalue weighted by atomic mass is 35.5. The van der Waals surface area contributed by atoms with Crippen LogP contribution >= 0.6 is 23.2 Å². The SMILES string of the molecule is CNS(=O)(=O)c1ccc(S(=O)(=O)Nc2cc(Cl)cc(Cl)c2)cc1. The van der Waals surface area contributed by atoms with Gasteiger partial charge in [0.25, 0.3) is 10.0 Å². The maximum absolute atomic E-state index is 12.3. The van der Waals surface area contributed by atoms with Gasteiger partial charge < -0.3 is 0 Å². The van der Waals surface area contributed by atoms with Crippen LogP contribution in [0.15, 0.2) is 52.3 Å². The van der Waals surface area contributed by atoms with Gasteiger partial charge in [-0.15, -0.1) is 0 Å². The Labute approximate surface area is 144 Å². The van der Waals surface area contributed by atoms with Crippen LogP contribution < -0.4 is 9.44 Å². The van der Waals surface area contributed by atoms with Crippen LogP contribution in [-0.4, -0.2) is 23.9 Å². The average Bonchev–Trinajstić information content (AvgIpc) is 2.45. The molecule has 0 heterocycles. The van der Waals surface area contributed by atoms with Crippen molar-refractivity contribution in [1.82, 2.24) is 4.72 Å². The van der Waals surface area contributed by atoms with Crippen molar-refractivity contribution in [3.63, 3.8) is 0 Å². The molecule has 124 valence electrons. The highest BCUT2D eigenvalue weighted by Crippen LogP contribution is 2.25. The van der Waals surface area contributed by atoms with Crippen molar-refractivity contribution in [3.8, 4) is 0 Å². The standard InChI is InChI=1S/C13H12Cl2N2O4S2/c1-16-22(18,19)12-2-4-13(5-3-12)23(20,21)17-11-7-9(14)6-10(15)8-11/h2-8,16-17H,1H3. The van der Waals surface area contributed by atoms with E-state index in [0.717, 1.165) is 0 Å². The quantitative estimate of drug-likeness (QED) is 0.814. The number of halogens is 2. The van der Waals surface area contributed by atoms with Crippen LogP contribution in [0, 0.1) is 0 Å². The van der Waals surface area contributed by atoms with Gasteiger partial charge >= 0.3 is 0 Å². The first-order chi connectivity index (χ1) is 10.6. The fourth-order valence-electron chi connectivity index (χ4n) is 1.74. The van der Waals surface area contributed by atoms with Crippen molar-refractivity contribution in [3.05, 3.63) is 52.5 Å². The van der Waals surface area contributed by atoms with Crippen LogP contribution in [0.2, 0.25) is 10.0 Å². The predicted octanol–water partition coefficient (Wildman–Crippen LogP) is 2.70. The van der Waals surface area contributed by atoms with Crippen LogP contribution in [0.25, 0.3) is 0 Å². The zero-order valence-corrected chi connectivity index (χ0v) is 14.9. The number of nitrogens with one attached hydrogen (secondary N) is 2. The Bertz CT molecular complexity index is 907. The number of hydrogen-bond donors (Lipinski definition) is 2. The normalized spacial score (nSPS) is 12.1. The molecule has 0 atom stereocenters. The molecular weight excluding hydrogens is 383 g/mol. The van der Waals surface area contributed by atoms with Crippen LogP contribution in [0.3, 0.4) is 0 Å². The monoisotopic (exact) mass is 394 g/mol. The van der Waals surface area contributed by atoms with Crippen LogP contribution in [0.1, 0.15) is 0 Å². The van der Waals surface area contributed by atoms with Gasteiger partial charge in [-0.2, -0.15) is 0 Å². The fourth-order valence-corrected chi connectivity index (χ4v) is 4.04. The fraction of sp³-hybridized carbons (Fsp3) is 0.0769. The van der Waals surface area contributed by atoms with E-state index in [-0.39, 0.29) is 25.5 Å². The molecule has 0 amide bonds. The Hall–Kier alpha value is -1.32. The molecule has 0 aliphatic heterocycles. The second-order valence-corrected chi connectivity index (χ2v) is 8.88. The molecule has 6 nitrogen and oxygen atoms in total. The summed E-state index contributed by atoms with van der Waals surface area (Å²) in [5.74, 6) is 0. The van der Waals surface area contributed by atoms with Crippen LogP contribution in [0.5, 0.6) is 0 Å². The Morgan fingerprint density at radius 2 is 1.22 bits per heavy atom. The van der Waals surface area contributed by atoms with Crippen molar-refractivity contribution < 1.29 is 16.8 Å². The highest BCUT2D eigenvalue weighted by molar-refractivity contribution is 7.92. The average molecular weight is 395 g/mol. The molecule has 2 N–H and O–H groups in total. The summed E-state index contributed by atoms with van der Waals surface area (Å²) in [6.07, 6.45) is 0. The van der Waals surface area contributed by atoms with E-state index in [9.17, 15) is 16.8 Å². The molecule has 2 aromatic rings. The molecule has 0 radical (unpaired) electrons. The number of rotatable bonds is 5. The van der Waals surface area contributed by atoms with E-state index in [1.807, 2.05) is 0 Å². The van der Waals surface area contributed by atoms with E-state index in [0.29, 0.717) is 0 Å². The molecule has 0 fully saturated rings. The highest BCUT2D eigenvalue weighted by Gasteiger charge is 2.17. The first-order valence-corrected chi connectivity index (χ1v) is 9.89. The Kier molecular flexibility index (Phi) is 5.22. The number of sulfonamides is 2. The minimum atomic E-state index is -3.90. The van der Waals surface area contributed by atoms with Crippen LogP contribution in [-0.2, 0) is 20.0 Å². The van der Waals surface area contributed by atoms with Crippen molar-refractivity contribution in [2.45, 2.75) is 9.79 Å². The van der Waals surface area contributed by atoms with Gasteiger partial charge in [0.05, 0.1) is 15.5 Å². The second kappa shape index (κ2) is 6.66. The van der Waals surface area contributed by atoms with Gasteiger partial charge in [0.1, 0.15) is 0 Å². The van der Waals surface area contributed by atoms with E-state index < -0.39 is 20.0 Å². The molecule has 10 heteroatoms. The van der Waals surface area contributed by atoms with Gasteiger partial charge in [-0.25, -0.2) is 21.6 Å². The summed E-state index contributed by atoms with van der Waals surface area (Å²) >= 11 is 11.6. The van der Waals surface area contributed by atoms with Crippen molar-refractivity contribution in [2.75, 3.05) is 11.8 Å². The van der Waals surface area contributed by atoms with E-state index in [4.69, 9.17) is 23.2 Å². The third-order valence-electron chi connectivity index (χ3n) is 2.83. The smallest absolute Gasteiger partial charge is 0.261 e. The summed E-state index contributed by atoms with van der Waals surface area (Å²) in [5, 5.41) is 0.566. The van der Waals surface area contributed by atoms with Gasteiger partial charge in [0.15, 0.2) is 0 Å². The maximum atomic E-state index is 12.3. The largest absolute Gasteiger partial charge is 0.280 e. The first-order valence-electron chi connectivity index (χ1n) is 6.16. The zero-order chi connectivity index (χ0) is 17.3. The lowest BCUT2D eigenvalue weighted by molar-refractivity contribution is 0.587. The summed E-state index contributed by atoms with van der Waals surface area (Å²) in [7, 11) is -6.26. The van der Waals surface area contributed by atoms with Gasteiger partial charge in [0, 0.05) is 10.0 Å². The van der Waals surface area contributed by atoms with Crippen molar-refractivity contribution in [2.24, 2.45) is 0 Å². The Morgan fingerprint density at radius 3 is 1.65 bits per heavy atom. The zero-order valence-electron chi connectivity index (χ0n) is 11.7. The lowest BCUT2D eigenvalue weighted by Crippen LogP contribution is -2.19. The molecule has 23 heavy (non-hydrogen) atoms. The summed E-state index contributed by atoms with van der Waals surface area (Å²) < 4.78 is 52.3. The lowest BCUT2D eigenvalue weighted by atomic mass is 10.3. The number of anilines is 1. The minimum absolute atomic E-state index is 0.0373. The van der Waals surface area contributed by atoms with Crippen molar-refractivity contribution in [1.29, 1.82) is 0 Å². The van der Waals surface area contributed by atoms with E-state index in [2.05, 4.69) is 9.44 Å². The summed E-state index contributed by atoms with van der Waals surface area (Å²) in [6, 6.07) is 9.07. The Morgan fingerprint density at radius 1 is 0.783 bits per heavy atom. The minimum Gasteiger partial charge on any atom is -0.280 e. The lowest BCUT2D eigenvalue weighted by Gasteiger charge is -2.10. The third-order valence-corrected chi connectivity index (χ3v) is 6.09. The first kappa shape index (κ1) is 18.0. The maximum Gasteiger partial charge on any atom is 0.261 e. The van der Waals surface area contributed by atoms with Gasteiger partial charge in [-0.05, 0) is 49.5 Å². The second-order valence-electron chi connectivity index (χ2n) is 4.44.